The Morgan fingerprint density at radius 2 is 2.08 bits per heavy atom. The van der Waals surface area contributed by atoms with Crippen LogP contribution >= 0.6 is 23.2 Å². The van der Waals surface area contributed by atoms with Gasteiger partial charge in [0.25, 0.3) is 0 Å². The maximum Gasteiger partial charge on any atom is 0.134 e. The summed E-state index contributed by atoms with van der Waals surface area (Å²) in [4.78, 5) is 0.576. The third-order valence-corrected chi connectivity index (χ3v) is 4.52. The maximum absolute atomic E-state index is 11.6. The molecule has 3 atom stereocenters. The van der Waals surface area contributed by atoms with E-state index >= 15 is 0 Å². The first kappa shape index (κ1) is 7.36. The average molecular weight is 222 g/mol. The van der Waals surface area contributed by atoms with Crippen LogP contribution in [-0.4, -0.2) is 8.92 Å². The Morgan fingerprint density at radius 3 is 2.75 bits per heavy atom. The second-order valence-corrected chi connectivity index (χ2v) is 5.07. The summed E-state index contributed by atoms with van der Waals surface area (Å²) in [5, 5.41) is -1.46. The maximum atomic E-state index is 11.6. The molecule has 0 unspecified atom stereocenters. The van der Waals surface area contributed by atoms with Crippen molar-refractivity contribution in [3.8, 4) is 0 Å². The fraction of sp³-hybridized carbons (Fsp3) is 0.250. The fourth-order valence-corrected chi connectivity index (χ4v) is 3.18. The summed E-state index contributed by atoms with van der Waals surface area (Å²) in [5.74, 6) is 0. The van der Waals surface area contributed by atoms with Crippen LogP contribution in [0.25, 0.3) is 0 Å². The van der Waals surface area contributed by atoms with Crippen LogP contribution < -0.4 is 0 Å². The highest BCUT2D eigenvalue weighted by Gasteiger charge is 2.35. The minimum Gasteiger partial charge on any atom is -0.253 e. The van der Waals surface area contributed by atoms with Crippen LogP contribution in [0.4, 0.5) is 0 Å². The second kappa shape index (κ2) is 3.02. The normalized spacial score (nSPS) is 40.7. The zero-order valence-electron chi connectivity index (χ0n) is 6.96. The van der Waals surface area contributed by atoms with E-state index in [0.717, 1.165) is 0 Å². The average Bonchev–Trinajstić information content (AvgIpc) is 2.30. The van der Waals surface area contributed by atoms with Gasteiger partial charge in [-0.3, -0.25) is 4.21 Å². The van der Waals surface area contributed by atoms with Crippen molar-refractivity contribution in [1.82, 2.24) is 0 Å². The summed E-state index contributed by atoms with van der Waals surface area (Å²) in [6, 6.07) is 6.91. The summed E-state index contributed by atoms with van der Waals surface area (Å²) >= 11 is 11.7. The van der Waals surface area contributed by atoms with Crippen LogP contribution in [-0.2, 0) is 10.8 Å². The molecule has 0 saturated carbocycles. The van der Waals surface area contributed by atoms with Crippen molar-refractivity contribution in [3.05, 3.63) is 29.8 Å². The Kier molecular flexibility index (Phi) is 1.85. The van der Waals surface area contributed by atoms with Crippen molar-refractivity contribution in [3.63, 3.8) is 0 Å². The van der Waals surface area contributed by atoms with Crippen LogP contribution in [0.5, 0.6) is 0 Å². The number of rotatable bonds is 0. The molecule has 0 radical (unpaired) electrons. The molecule has 1 aliphatic rings. The Labute approximate surface area is 84.5 Å². The van der Waals surface area contributed by atoms with Gasteiger partial charge in [-0.2, -0.15) is 0 Å². The van der Waals surface area contributed by atoms with E-state index in [-0.39, 0.29) is 0 Å². The van der Waals surface area contributed by atoms with E-state index in [9.17, 15) is 4.21 Å². The van der Waals surface area contributed by atoms with Crippen molar-refractivity contribution in [2.45, 2.75) is 15.0 Å². The first-order valence-electron chi connectivity index (χ1n) is 3.88. The predicted octanol–water partition coefficient (Wildman–Crippen LogP) is 2.65. The van der Waals surface area contributed by atoms with Gasteiger partial charge in [0.2, 0.25) is 0 Å². The molecule has 0 spiro atoms. The van der Waals surface area contributed by atoms with Gasteiger partial charge in [-0.15, -0.1) is 23.2 Å². The summed E-state index contributed by atoms with van der Waals surface area (Å²) < 4.78 is 18.5. The van der Waals surface area contributed by atoms with Crippen molar-refractivity contribution in [2.24, 2.45) is 0 Å². The molecule has 1 nitrogen and oxygen atoms in total. The third-order valence-electron chi connectivity index (χ3n) is 1.75. The van der Waals surface area contributed by atoms with Crippen LogP contribution in [0.1, 0.15) is 12.3 Å². The predicted molar refractivity (Wildman–Crippen MR) is 51.1 cm³/mol. The number of fused-ring (bicyclic) bond motifs is 1. The van der Waals surface area contributed by atoms with Gasteiger partial charge in [-0.25, -0.2) is 0 Å². The van der Waals surface area contributed by atoms with E-state index in [2.05, 4.69) is 0 Å². The lowest BCUT2D eigenvalue weighted by Crippen LogP contribution is -2.02. The molecule has 0 fully saturated rings. The number of halogens is 2. The molecule has 64 valence electrons. The van der Waals surface area contributed by atoms with E-state index in [1.54, 1.807) is 24.3 Å². The van der Waals surface area contributed by atoms with Crippen molar-refractivity contribution in [2.75, 3.05) is 0 Å². The second-order valence-electron chi connectivity index (χ2n) is 2.46. The molecular weight excluding hydrogens is 215 g/mol. The number of benzene rings is 1. The first-order chi connectivity index (χ1) is 6.05. The lowest BCUT2D eigenvalue weighted by molar-refractivity contribution is 0.683. The van der Waals surface area contributed by atoms with Gasteiger partial charge in [0, 0.05) is 4.90 Å². The number of hydrogen-bond donors (Lipinski definition) is 0. The molecule has 0 aromatic heterocycles. The van der Waals surface area contributed by atoms with Crippen LogP contribution in [0.3, 0.4) is 0 Å². The first-order valence-corrected chi connectivity index (χ1v) is 5.41. The van der Waals surface area contributed by atoms with E-state index in [0.29, 0.717) is 10.5 Å². The molecule has 1 aromatic rings. The zero-order valence-corrected chi connectivity index (χ0v) is 8.29. The lowest BCUT2D eigenvalue weighted by atomic mass is 10.2. The van der Waals surface area contributed by atoms with Gasteiger partial charge in [0.1, 0.15) is 4.71 Å². The highest BCUT2D eigenvalue weighted by atomic mass is 35.5. The molecule has 0 amide bonds. The molecule has 0 saturated heterocycles. The molecule has 2 rings (SSSR count). The van der Waals surface area contributed by atoms with Crippen LogP contribution in [0.15, 0.2) is 29.2 Å². The molecule has 12 heavy (non-hydrogen) atoms. The smallest absolute Gasteiger partial charge is 0.134 e. The van der Waals surface area contributed by atoms with Crippen LogP contribution in [0, 0.1) is 0 Å². The van der Waals surface area contributed by atoms with Gasteiger partial charge in [0.05, 0.1) is 17.5 Å². The summed E-state index contributed by atoms with van der Waals surface area (Å²) in [5.41, 5.74) is 0.551. The largest absolute Gasteiger partial charge is 0.253 e. The van der Waals surface area contributed by atoms with Crippen molar-refractivity contribution in [1.29, 1.82) is 0 Å². The quantitative estimate of drug-likeness (QED) is 0.616. The van der Waals surface area contributed by atoms with E-state index in [1.165, 1.54) is 0 Å². The molecule has 1 heterocycles. The lowest BCUT2D eigenvalue weighted by Gasteiger charge is -2.01. The van der Waals surface area contributed by atoms with E-state index < -0.39 is 20.9 Å². The Bertz CT molecular complexity index is 380. The highest BCUT2D eigenvalue weighted by molar-refractivity contribution is 7.87. The third kappa shape index (κ3) is 1.10. The van der Waals surface area contributed by atoms with Gasteiger partial charge >= 0.3 is 0 Å². The summed E-state index contributed by atoms with van der Waals surface area (Å²) in [7, 11) is -1.37. The molecule has 4 heteroatoms. The van der Waals surface area contributed by atoms with Gasteiger partial charge < -0.3 is 0 Å². The fourth-order valence-electron chi connectivity index (χ4n) is 1.17. The zero-order chi connectivity index (χ0) is 9.64. The highest BCUT2D eigenvalue weighted by Crippen LogP contribution is 2.42. The van der Waals surface area contributed by atoms with Gasteiger partial charge in [0.15, 0.2) is 0 Å². The molecule has 0 bridgehead atoms. The number of alkyl halides is 2. The minimum atomic E-state index is -1.46. The molecule has 0 aliphatic carbocycles. The summed E-state index contributed by atoms with van der Waals surface area (Å²) in [6.07, 6.45) is 0. The van der Waals surface area contributed by atoms with Crippen LogP contribution in [0.2, 0.25) is 0 Å². The minimum absolute atomic E-state index is 0.551. The monoisotopic (exact) mass is 221 g/mol. The van der Waals surface area contributed by atoms with E-state index in [4.69, 9.17) is 24.6 Å². The molecule has 0 N–H and O–H groups in total. The Hall–Kier alpha value is -0.0500. The molecular formula is C8H6Cl2OS. The topological polar surface area (TPSA) is 17.1 Å². The number of hydrogen-bond acceptors (Lipinski definition) is 1. The standard InChI is InChI=1S/C8H6Cl2OS/c9-7-5-3-1-2-4-6(5)12(11)8(7)10/h1-4,7-8H/t7-,8-,12+/m1/s1/i7D. The Morgan fingerprint density at radius 1 is 1.42 bits per heavy atom. The Balaban J connectivity index is 2.68. The molecule has 1 aliphatic heterocycles. The van der Waals surface area contributed by atoms with Gasteiger partial charge in [-0.05, 0) is 11.6 Å². The molecule has 1 aromatic carbocycles. The summed E-state index contributed by atoms with van der Waals surface area (Å²) in [6.45, 7) is 0. The van der Waals surface area contributed by atoms with Crippen molar-refractivity contribution >= 4 is 34.0 Å². The SMILES string of the molecule is [2H][C@@]1(Cl)c2ccccc2[S@](=O)[C@H]1Cl. The van der Waals surface area contributed by atoms with Gasteiger partial charge in [-0.1, -0.05) is 18.2 Å². The van der Waals surface area contributed by atoms with E-state index in [1.807, 2.05) is 0 Å². The van der Waals surface area contributed by atoms with Crippen molar-refractivity contribution < 1.29 is 5.58 Å².